The molecule has 1 aromatic heterocycles. The first-order valence-electron chi connectivity index (χ1n) is 8.15. The lowest BCUT2D eigenvalue weighted by atomic mass is 10.2. The summed E-state index contributed by atoms with van der Waals surface area (Å²) in [7, 11) is -0.833. The van der Waals surface area contributed by atoms with Gasteiger partial charge < -0.3 is 23.3 Å². The minimum atomic E-state index is -3.65. The smallest absolute Gasteiger partial charge is 0.389 e. The predicted octanol–water partition coefficient (Wildman–Crippen LogP) is 4.07. The molecule has 0 bridgehead atoms. The number of carbonyl (C=O) groups is 1. The summed E-state index contributed by atoms with van der Waals surface area (Å²) in [6, 6.07) is 1.75. The van der Waals surface area contributed by atoms with Crippen molar-refractivity contribution in [1.82, 2.24) is 0 Å². The van der Waals surface area contributed by atoms with Crippen LogP contribution in [0.4, 0.5) is 0 Å². The zero-order valence-electron chi connectivity index (χ0n) is 15.4. The van der Waals surface area contributed by atoms with Gasteiger partial charge in [-0.2, -0.15) is 0 Å². The molecule has 0 saturated heterocycles. The molecule has 0 spiro atoms. The maximum Gasteiger partial charge on any atom is 0.389 e. The first kappa shape index (κ1) is 22.3. The molecule has 0 saturated carbocycles. The van der Waals surface area contributed by atoms with Crippen LogP contribution in [0.15, 0.2) is 11.4 Å². The number of thiophene rings is 1. The van der Waals surface area contributed by atoms with E-state index in [1.807, 2.05) is 0 Å². The molecule has 0 fully saturated rings. The molecule has 7 nitrogen and oxygen atoms in total. The molecule has 1 rings (SSSR count). The normalized spacial score (nSPS) is 12.4. The SMILES string of the molecule is CCOC(=O)c1csc(CCC(OC)(OC)P(=O)(OCC)OCC)c1. The third-order valence-electron chi connectivity index (χ3n) is 3.51. The average molecular weight is 394 g/mol. The van der Waals surface area contributed by atoms with E-state index in [0.717, 1.165) is 4.88 Å². The van der Waals surface area contributed by atoms with E-state index in [4.69, 9.17) is 23.3 Å². The Morgan fingerprint density at radius 3 is 2.20 bits per heavy atom. The summed E-state index contributed by atoms with van der Waals surface area (Å²) in [5.74, 6) is -0.357. The lowest BCUT2D eigenvalue weighted by Crippen LogP contribution is -2.36. The van der Waals surface area contributed by atoms with Gasteiger partial charge in [0.15, 0.2) is 0 Å². The van der Waals surface area contributed by atoms with Crippen molar-refractivity contribution in [1.29, 1.82) is 0 Å². The number of methoxy groups -OCH3 is 2. The van der Waals surface area contributed by atoms with Gasteiger partial charge in [0.05, 0.1) is 25.4 Å². The highest BCUT2D eigenvalue weighted by molar-refractivity contribution is 7.55. The van der Waals surface area contributed by atoms with Gasteiger partial charge in [0, 0.05) is 30.9 Å². The topological polar surface area (TPSA) is 80.3 Å². The molecule has 1 heterocycles. The van der Waals surface area contributed by atoms with Crippen LogP contribution in [0.2, 0.25) is 0 Å². The summed E-state index contributed by atoms with van der Waals surface area (Å²) in [6.07, 6.45) is 0.732. The van der Waals surface area contributed by atoms with Gasteiger partial charge in [-0.05, 0) is 33.3 Å². The van der Waals surface area contributed by atoms with Crippen molar-refractivity contribution in [2.24, 2.45) is 0 Å². The predicted molar refractivity (Wildman–Crippen MR) is 96.2 cm³/mol. The molecule has 0 unspecified atom stereocenters. The van der Waals surface area contributed by atoms with Crippen LogP contribution in [0.3, 0.4) is 0 Å². The number of hydrogen-bond donors (Lipinski definition) is 0. The lowest BCUT2D eigenvalue weighted by molar-refractivity contribution is -0.163. The van der Waals surface area contributed by atoms with Crippen molar-refractivity contribution in [2.45, 2.75) is 39.1 Å². The number of hydrogen-bond acceptors (Lipinski definition) is 8. The van der Waals surface area contributed by atoms with E-state index in [1.165, 1.54) is 25.6 Å². The van der Waals surface area contributed by atoms with E-state index in [1.54, 1.807) is 32.2 Å². The molecule has 0 aliphatic heterocycles. The summed E-state index contributed by atoms with van der Waals surface area (Å²) in [5, 5.41) is 1.74. The van der Waals surface area contributed by atoms with Crippen molar-refractivity contribution in [3.63, 3.8) is 0 Å². The molecule has 9 heteroatoms. The van der Waals surface area contributed by atoms with Crippen LogP contribution in [0.5, 0.6) is 0 Å². The molecule has 0 atom stereocenters. The van der Waals surface area contributed by atoms with Gasteiger partial charge in [0.25, 0.3) is 5.53 Å². The third kappa shape index (κ3) is 5.36. The first-order chi connectivity index (χ1) is 11.9. The Hall–Kier alpha value is -0.760. The largest absolute Gasteiger partial charge is 0.462 e. The lowest BCUT2D eigenvalue weighted by Gasteiger charge is -2.36. The third-order valence-corrected chi connectivity index (χ3v) is 7.12. The summed E-state index contributed by atoms with van der Waals surface area (Å²) in [4.78, 5) is 12.7. The van der Waals surface area contributed by atoms with Crippen LogP contribution in [0.25, 0.3) is 0 Å². The van der Waals surface area contributed by atoms with Crippen molar-refractivity contribution >= 4 is 24.9 Å². The fraction of sp³-hybridized carbons (Fsp3) is 0.688. The maximum atomic E-state index is 13.2. The Morgan fingerprint density at radius 1 is 1.12 bits per heavy atom. The Bertz CT molecular complexity index is 573. The van der Waals surface area contributed by atoms with E-state index in [2.05, 4.69) is 0 Å². The fourth-order valence-electron chi connectivity index (χ4n) is 2.34. The standard InChI is InChI=1S/C16H27O7PS/c1-6-21-15(17)13-11-14(25-12-13)9-10-16(19-4,20-5)24(18,22-7-2)23-8-3/h11-12H,6-10H2,1-5H3. The van der Waals surface area contributed by atoms with Gasteiger partial charge in [-0.25, -0.2) is 4.79 Å². The molecule has 25 heavy (non-hydrogen) atoms. The summed E-state index contributed by atoms with van der Waals surface area (Å²) in [5.41, 5.74) is -1.01. The number of rotatable bonds is 12. The Balaban J connectivity index is 2.94. The molecule has 0 aliphatic carbocycles. The van der Waals surface area contributed by atoms with Gasteiger partial charge in [-0.3, -0.25) is 4.57 Å². The van der Waals surface area contributed by atoms with Crippen LogP contribution in [-0.4, -0.2) is 45.5 Å². The zero-order chi connectivity index (χ0) is 18.9. The highest BCUT2D eigenvalue weighted by Gasteiger charge is 2.52. The van der Waals surface area contributed by atoms with Crippen LogP contribution < -0.4 is 0 Å². The average Bonchev–Trinajstić information content (AvgIpc) is 3.06. The Kier molecular flexibility index (Phi) is 9.27. The molecular formula is C16H27O7PS. The maximum absolute atomic E-state index is 13.2. The Morgan fingerprint density at radius 2 is 1.72 bits per heavy atom. The summed E-state index contributed by atoms with van der Waals surface area (Å²) in [6.45, 7) is 5.96. The number of carbonyl (C=O) groups excluding carboxylic acids is 1. The second-order valence-electron chi connectivity index (χ2n) is 4.98. The number of aryl methyl sites for hydroxylation is 1. The molecule has 1 aromatic rings. The molecular weight excluding hydrogens is 367 g/mol. The monoisotopic (exact) mass is 394 g/mol. The van der Waals surface area contributed by atoms with Crippen molar-refractivity contribution in [3.05, 3.63) is 21.9 Å². The van der Waals surface area contributed by atoms with E-state index >= 15 is 0 Å². The van der Waals surface area contributed by atoms with E-state index in [9.17, 15) is 9.36 Å². The van der Waals surface area contributed by atoms with Gasteiger partial charge in [-0.1, -0.05) is 0 Å². The van der Waals surface area contributed by atoms with Crippen LogP contribution in [0.1, 0.15) is 42.4 Å². The van der Waals surface area contributed by atoms with E-state index in [-0.39, 0.29) is 25.6 Å². The summed E-state index contributed by atoms with van der Waals surface area (Å²) >= 11 is 1.42. The van der Waals surface area contributed by atoms with Crippen molar-refractivity contribution in [3.8, 4) is 0 Å². The van der Waals surface area contributed by atoms with Gasteiger partial charge in [-0.15, -0.1) is 11.3 Å². The molecule has 144 valence electrons. The molecule has 0 N–H and O–H groups in total. The summed E-state index contributed by atoms with van der Waals surface area (Å²) < 4.78 is 39.8. The van der Waals surface area contributed by atoms with Gasteiger partial charge in [0.2, 0.25) is 0 Å². The number of ether oxygens (including phenoxy) is 3. The quantitative estimate of drug-likeness (QED) is 0.300. The number of esters is 1. The van der Waals surface area contributed by atoms with Gasteiger partial charge in [0.1, 0.15) is 0 Å². The minimum absolute atomic E-state index is 0.206. The molecule has 0 radical (unpaired) electrons. The van der Waals surface area contributed by atoms with Gasteiger partial charge >= 0.3 is 13.6 Å². The molecule has 0 aromatic carbocycles. The van der Waals surface area contributed by atoms with Crippen LogP contribution in [-0.2, 0) is 34.2 Å². The van der Waals surface area contributed by atoms with Crippen molar-refractivity contribution in [2.75, 3.05) is 34.0 Å². The van der Waals surface area contributed by atoms with Crippen molar-refractivity contribution < 1.29 is 32.6 Å². The first-order valence-corrected chi connectivity index (χ1v) is 10.6. The highest BCUT2D eigenvalue weighted by atomic mass is 32.1. The molecule has 0 amide bonds. The second-order valence-corrected chi connectivity index (χ2v) is 8.16. The van der Waals surface area contributed by atoms with Crippen LogP contribution >= 0.6 is 18.9 Å². The second kappa shape index (κ2) is 10.4. The van der Waals surface area contributed by atoms with Crippen LogP contribution in [0, 0.1) is 0 Å². The van der Waals surface area contributed by atoms with E-state index in [0.29, 0.717) is 18.6 Å². The highest BCUT2D eigenvalue weighted by Crippen LogP contribution is 2.62. The minimum Gasteiger partial charge on any atom is -0.462 e. The van der Waals surface area contributed by atoms with E-state index < -0.39 is 13.1 Å². The zero-order valence-corrected chi connectivity index (χ0v) is 17.1. The fourth-order valence-corrected chi connectivity index (χ4v) is 5.17. The molecule has 0 aliphatic rings. The Labute approximate surface area is 153 Å².